The number of carbonyl (C=O) groups is 4. The molecule has 176 valence electrons. The van der Waals surface area contributed by atoms with Gasteiger partial charge < -0.3 is 35.9 Å². The summed E-state index contributed by atoms with van der Waals surface area (Å²) in [5, 5.41) is 7.05. The molecule has 0 heterocycles. The van der Waals surface area contributed by atoms with Crippen molar-refractivity contribution in [3.05, 3.63) is 25.3 Å². The lowest BCUT2D eigenvalue weighted by molar-refractivity contribution is -0.145. The number of carbonyl (C=O) groups excluding carboxylic acids is 4. The number of nitrogens with two attached hydrogens (primary N) is 1. The van der Waals surface area contributed by atoms with Crippen molar-refractivity contribution in [2.24, 2.45) is 5.73 Å². The van der Waals surface area contributed by atoms with Gasteiger partial charge in [0.2, 0.25) is 5.91 Å². The quantitative estimate of drug-likeness (QED) is 0.135. The van der Waals surface area contributed by atoms with E-state index in [1.165, 1.54) is 13.2 Å². The molecule has 11 nitrogen and oxygen atoms in total. The average Bonchev–Trinajstić information content (AvgIpc) is 2.68. The maximum atomic E-state index is 12.5. The molecule has 0 rings (SSSR count). The smallest absolute Gasteiger partial charge is 0.408 e. The van der Waals surface area contributed by atoms with Crippen molar-refractivity contribution in [3.8, 4) is 0 Å². The van der Waals surface area contributed by atoms with Crippen LogP contribution in [0.15, 0.2) is 25.3 Å². The Balaban J connectivity index is 5.07. The van der Waals surface area contributed by atoms with Crippen molar-refractivity contribution in [2.75, 3.05) is 20.3 Å². The van der Waals surface area contributed by atoms with Gasteiger partial charge in [0, 0.05) is 0 Å². The van der Waals surface area contributed by atoms with E-state index in [-0.39, 0.29) is 19.6 Å². The van der Waals surface area contributed by atoms with Gasteiger partial charge in [-0.1, -0.05) is 12.2 Å². The number of hydrogen-bond acceptors (Lipinski definition) is 8. The zero-order valence-corrected chi connectivity index (χ0v) is 18.6. The molecule has 0 radical (unpaired) electrons. The van der Waals surface area contributed by atoms with Gasteiger partial charge in [0.05, 0.1) is 20.3 Å². The summed E-state index contributed by atoms with van der Waals surface area (Å²) in [5.74, 6) is -2.25. The minimum atomic E-state index is -1.49. The molecule has 0 saturated carbocycles. The third-order valence-corrected chi connectivity index (χ3v) is 3.57. The van der Waals surface area contributed by atoms with Crippen LogP contribution in [0, 0.1) is 0 Å². The lowest BCUT2D eigenvalue weighted by Gasteiger charge is -2.24. The number of allylic oxidation sites excluding steroid dienone is 1. The van der Waals surface area contributed by atoms with E-state index in [1.54, 1.807) is 26.8 Å². The van der Waals surface area contributed by atoms with Crippen LogP contribution in [0.3, 0.4) is 0 Å². The first-order valence-electron chi connectivity index (χ1n) is 9.68. The third-order valence-electron chi connectivity index (χ3n) is 3.57. The standard InChI is InChI=1S/C20H34N4O7/c1-7-9-10-13(18(27)29-6)22-17(26)15(21)24-16(25)14(12-30-11-8-2)23-19(28)31-20(3,4)5/h7-8,13-15H,1-2,9-12,21H2,3-6H3,(H,22,26)(H,23,28)(H,24,25)/t13-,14-,15+/m0/s1. The first kappa shape index (κ1) is 28.1. The van der Waals surface area contributed by atoms with Crippen LogP contribution in [0.25, 0.3) is 0 Å². The summed E-state index contributed by atoms with van der Waals surface area (Å²) in [6, 6.07) is -2.14. The number of methoxy groups -OCH3 is 1. The predicted molar refractivity (Wildman–Crippen MR) is 114 cm³/mol. The lowest BCUT2D eigenvalue weighted by atomic mass is 10.1. The van der Waals surface area contributed by atoms with E-state index in [0.29, 0.717) is 6.42 Å². The summed E-state index contributed by atoms with van der Waals surface area (Å²) < 4.78 is 15.0. The fourth-order valence-electron chi connectivity index (χ4n) is 2.16. The summed E-state index contributed by atoms with van der Waals surface area (Å²) in [4.78, 5) is 48.7. The van der Waals surface area contributed by atoms with Gasteiger partial charge in [-0.05, 0) is 33.6 Å². The number of nitrogens with one attached hydrogen (secondary N) is 3. The van der Waals surface area contributed by atoms with Crippen molar-refractivity contribution >= 4 is 23.9 Å². The van der Waals surface area contributed by atoms with E-state index in [1.807, 2.05) is 0 Å². The summed E-state index contributed by atoms with van der Waals surface area (Å²) in [6.07, 6.45) is 1.41. The topological polar surface area (TPSA) is 158 Å². The Bertz CT molecular complexity index is 646. The fraction of sp³-hybridized carbons (Fsp3) is 0.600. The molecular formula is C20H34N4O7. The Kier molecular flexibility index (Phi) is 12.8. The first-order chi connectivity index (χ1) is 14.4. The second kappa shape index (κ2) is 14.1. The number of amides is 3. The van der Waals surface area contributed by atoms with Crippen molar-refractivity contribution in [3.63, 3.8) is 0 Å². The van der Waals surface area contributed by atoms with Gasteiger partial charge in [-0.15, -0.1) is 13.2 Å². The molecule has 0 spiro atoms. The highest BCUT2D eigenvalue weighted by molar-refractivity contribution is 5.92. The van der Waals surface area contributed by atoms with Gasteiger partial charge in [0.25, 0.3) is 5.91 Å². The van der Waals surface area contributed by atoms with Crippen LogP contribution in [-0.2, 0) is 28.6 Å². The Morgan fingerprint density at radius 3 is 2.16 bits per heavy atom. The molecule has 31 heavy (non-hydrogen) atoms. The van der Waals surface area contributed by atoms with Crippen LogP contribution in [0.4, 0.5) is 4.79 Å². The van der Waals surface area contributed by atoms with E-state index >= 15 is 0 Å². The number of esters is 1. The molecule has 11 heteroatoms. The number of hydrogen-bond donors (Lipinski definition) is 4. The van der Waals surface area contributed by atoms with Crippen molar-refractivity contribution in [1.29, 1.82) is 0 Å². The van der Waals surface area contributed by atoms with Crippen LogP contribution in [0.2, 0.25) is 0 Å². The highest BCUT2D eigenvalue weighted by atomic mass is 16.6. The van der Waals surface area contributed by atoms with E-state index in [4.69, 9.17) is 15.2 Å². The Morgan fingerprint density at radius 1 is 1.00 bits per heavy atom. The third kappa shape index (κ3) is 12.4. The summed E-state index contributed by atoms with van der Waals surface area (Å²) in [7, 11) is 1.19. The second-order valence-electron chi connectivity index (χ2n) is 7.46. The van der Waals surface area contributed by atoms with Gasteiger partial charge >= 0.3 is 12.1 Å². The average molecular weight is 443 g/mol. The van der Waals surface area contributed by atoms with Crippen LogP contribution in [0.5, 0.6) is 0 Å². The number of alkyl carbamates (subject to hydrolysis) is 1. The maximum absolute atomic E-state index is 12.5. The Labute approximate surface area is 182 Å². The Hall–Kier alpha value is -2.92. The molecule has 0 aliphatic heterocycles. The van der Waals surface area contributed by atoms with Crippen LogP contribution in [0.1, 0.15) is 33.6 Å². The van der Waals surface area contributed by atoms with Crippen molar-refractivity contribution < 1.29 is 33.4 Å². The molecule has 3 atom stereocenters. The van der Waals surface area contributed by atoms with E-state index in [2.05, 4.69) is 33.8 Å². The molecule has 0 unspecified atom stereocenters. The molecule has 0 aliphatic carbocycles. The normalized spacial score (nSPS) is 13.7. The van der Waals surface area contributed by atoms with E-state index in [0.717, 1.165) is 0 Å². The van der Waals surface area contributed by atoms with Crippen molar-refractivity contribution in [2.45, 2.75) is 57.5 Å². The molecule has 5 N–H and O–H groups in total. The molecule has 0 bridgehead atoms. The monoisotopic (exact) mass is 442 g/mol. The van der Waals surface area contributed by atoms with Gasteiger partial charge in [-0.25, -0.2) is 9.59 Å². The zero-order valence-electron chi connectivity index (χ0n) is 18.6. The minimum Gasteiger partial charge on any atom is -0.467 e. The number of rotatable bonds is 13. The lowest BCUT2D eigenvalue weighted by Crippen LogP contribution is -2.60. The van der Waals surface area contributed by atoms with Crippen LogP contribution >= 0.6 is 0 Å². The van der Waals surface area contributed by atoms with Gasteiger partial charge in [-0.2, -0.15) is 0 Å². The SMILES string of the molecule is C=CCC[C@H](NC(=O)[C@H](N)NC(=O)[C@H](COCC=C)NC(=O)OC(C)(C)C)C(=O)OC. The molecule has 3 amide bonds. The highest BCUT2D eigenvalue weighted by Crippen LogP contribution is 2.07. The molecule has 0 aromatic rings. The van der Waals surface area contributed by atoms with Crippen LogP contribution < -0.4 is 21.7 Å². The van der Waals surface area contributed by atoms with Crippen LogP contribution in [-0.4, -0.2) is 68.1 Å². The molecule has 0 aromatic heterocycles. The van der Waals surface area contributed by atoms with Gasteiger partial charge in [0.15, 0.2) is 6.17 Å². The summed E-state index contributed by atoms with van der Waals surface area (Å²) in [6.45, 7) is 12.0. The zero-order chi connectivity index (χ0) is 24.0. The summed E-state index contributed by atoms with van der Waals surface area (Å²) in [5.41, 5.74) is 4.96. The minimum absolute atomic E-state index is 0.135. The molecule has 0 aliphatic rings. The maximum Gasteiger partial charge on any atom is 0.408 e. The molecule has 0 aromatic carbocycles. The Morgan fingerprint density at radius 2 is 1.65 bits per heavy atom. The van der Waals surface area contributed by atoms with E-state index in [9.17, 15) is 19.2 Å². The highest BCUT2D eigenvalue weighted by Gasteiger charge is 2.29. The first-order valence-corrected chi connectivity index (χ1v) is 9.68. The fourth-order valence-corrected chi connectivity index (χ4v) is 2.16. The predicted octanol–water partition coefficient (Wildman–Crippen LogP) is 0.107. The van der Waals surface area contributed by atoms with Crippen molar-refractivity contribution in [1.82, 2.24) is 16.0 Å². The molecule has 0 saturated heterocycles. The second-order valence-corrected chi connectivity index (χ2v) is 7.46. The molecular weight excluding hydrogens is 408 g/mol. The van der Waals surface area contributed by atoms with Gasteiger partial charge in [-0.3, -0.25) is 9.59 Å². The largest absolute Gasteiger partial charge is 0.467 e. The molecule has 0 fully saturated rings. The van der Waals surface area contributed by atoms with Gasteiger partial charge in [0.1, 0.15) is 17.7 Å². The number of ether oxygens (including phenoxy) is 3. The summed E-state index contributed by atoms with van der Waals surface area (Å²) >= 11 is 0. The van der Waals surface area contributed by atoms with E-state index < -0.39 is 47.7 Å².